The molecule has 0 N–H and O–H groups in total. The Bertz CT molecular complexity index is 347. The zero-order valence-corrected chi connectivity index (χ0v) is 11.4. The van der Waals surface area contributed by atoms with Crippen LogP contribution in [-0.4, -0.2) is 4.83 Å². The molecule has 82 valence electrons. The maximum atomic E-state index is 6.11. The quantitative estimate of drug-likeness (QED) is 0.679. The second-order valence-corrected chi connectivity index (χ2v) is 6.15. The first-order valence-corrected chi connectivity index (χ1v) is 6.92. The van der Waals surface area contributed by atoms with Crippen molar-refractivity contribution in [1.29, 1.82) is 0 Å². The first-order chi connectivity index (χ1) is 7.16. The number of benzene rings is 1. The van der Waals surface area contributed by atoms with Crippen LogP contribution in [-0.2, 0) is 6.42 Å². The number of hydrogen-bond donors (Lipinski definition) is 0. The maximum absolute atomic E-state index is 6.11. The highest BCUT2D eigenvalue weighted by Gasteiger charge is 2.28. The molecule has 1 fully saturated rings. The van der Waals surface area contributed by atoms with Crippen LogP contribution in [0.2, 0.25) is 10.0 Å². The highest BCUT2D eigenvalue weighted by molar-refractivity contribution is 9.09. The number of hydrogen-bond acceptors (Lipinski definition) is 0. The summed E-state index contributed by atoms with van der Waals surface area (Å²) in [4.78, 5) is 0.657. The van der Waals surface area contributed by atoms with Crippen molar-refractivity contribution in [3.05, 3.63) is 33.8 Å². The lowest BCUT2D eigenvalue weighted by Gasteiger charge is -2.09. The molecule has 1 aliphatic carbocycles. The second kappa shape index (κ2) is 5.07. The van der Waals surface area contributed by atoms with Gasteiger partial charge in [-0.05, 0) is 49.3 Å². The molecule has 0 spiro atoms. The predicted octanol–water partition coefficient (Wildman–Crippen LogP) is 5.10. The number of rotatable bonds is 4. The van der Waals surface area contributed by atoms with Crippen molar-refractivity contribution in [1.82, 2.24) is 0 Å². The average molecular weight is 308 g/mol. The van der Waals surface area contributed by atoms with Gasteiger partial charge >= 0.3 is 0 Å². The summed E-state index contributed by atoms with van der Waals surface area (Å²) < 4.78 is 0. The van der Waals surface area contributed by atoms with Crippen molar-refractivity contribution in [3.8, 4) is 0 Å². The summed E-state index contributed by atoms with van der Waals surface area (Å²) in [7, 11) is 0. The van der Waals surface area contributed by atoms with Crippen LogP contribution >= 0.6 is 39.1 Å². The zero-order chi connectivity index (χ0) is 10.8. The Balaban J connectivity index is 1.92. The lowest BCUT2D eigenvalue weighted by molar-refractivity contribution is 0.696. The van der Waals surface area contributed by atoms with Gasteiger partial charge in [0.15, 0.2) is 0 Å². The van der Waals surface area contributed by atoms with E-state index in [9.17, 15) is 0 Å². The number of halogens is 3. The molecule has 0 bridgehead atoms. The van der Waals surface area contributed by atoms with Gasteiger partial charge in [0.1, 0.15) is 0 Å². The van der Waals surface area contributed by atoms with Crippen LogP contribution in [0, 0.1) is 5.92 Å². The van der Waals surface area contributed by atoms with Crippen LogP contribution in [0.15, 0.2) is 18.2 Å². The summed E-state index contributed by atoms with van der Waals surface area (Å²) in [6.45, 7) is 0. The summed E-state index contributed by atoms with van der Waals surface area (Å²) in [6, 6.07) is 5.75. The summed E-state index contributed by atoms with van der Waals surface area (Å²) in [5.41, 5.74) is 1.20. The van der Waals surface area contributed by atoms with E-state index in [1.807, 2.05) is 18.2 Å². The van der Waals surface area contributed by atoms with E-state index in [0.717, 1.165) is 23.8 Å². The molecule has 1 aliphatic rings. The SMILES string of the molecule is Clc1ccc(CCC(Br)C2CC2)c(Cl)c1. The van der Waals surface area contributed by atoms with E-state index in [1.54, 1.807) is 0 Å². The third kappa shape index (κ3) is 3.37. The van der Waals surface area contributed by atoms with E-state index in [2.05, 4.69) is 15.9 Å². The first kappa shape index (κ1) is 11.8. The summed E-state index contributed by atoms with van der Waals surface area (Å²) in [5, 5.41) is 1.50. The molecule has 2 rings (SSSR count). The Labute approximate surface area is 109 Å². The highest BCUT2D eigenvalue weighted by Crippen LogP contribution is 2.39. The fraction of sp³-hybridized carbons (Fsp3) is 0.500. The second-order valence-electron chi connectivity index (χ2n) is 4.13. The normalized spacial score (nSPS) is 17.8. The predicted molar refractivity (Wildman–Crippen MR) is 70.2 cm³/mol. The molecule has 0 nitrogen and oxygen atoms in total. The van der Waals surface area contributed by atoms with Crippen LogP contribution in [0.25, 0.3) is 0 Å². The molecule has 1 aromatic carbocycles. The Morgan fingerprint density at radius 3 is 2.67 bits per heavy atom. The number of alkyl halides is 1. The van der Waals surface area contributed by atoms with Crippen molar-refractivity contribution >= 4 is 39.1 Å². The smallest absolute Gasteiger partial charge is 0.0452 e. The lowest BCUT2D eigenvalue weighted by atomic mass is 10.1. The molecule has 0 saturated heterocycles. The molecular formula is C12H13BrCl2. The molecule has 1 saturated carbocycles. The van der Waals surface area contributed by atoms with Gasteiger partial charge in [0.2, 0.25) is 0 Å². The van der Waals surface area contributed by atoms with Crippen molar-refractivity contribution in [2.24, 2.45) is 5.92 Å². The van der Waals surface area contributed by atoms with Gasteiger partial charge in [-0.2, -0.15) is 0 Å². The minimum atomic E-state index is 0.657. The average Bonchev–Trinajstić information content (AvgIpc) is 2.99. The molecule has 1 unspecified atom stereocenters. The minimum Gasteiger partial charge on any atom is -0.0888 e. The van der Waals surface area contributed by atoms with Crippen molar-refractivity contribution in [3.63, 3.8) is 0 Å². The van der Waals surface area contributed by atoms with Gasteiger partial charge in [0.25, 0.3) is 0 Å². The molecule has 0 aromatic heterocycles. The van der Waals surface area contributed by atoms with Gasteiger partial charge in [-0.1, -0.05) is 45.2 Å². The molecule has 1 atom stereocenters. The highest BCUT2D eigenvalue weighted by atomic mass is 79.9. The van der Waals surface area contributed by atoms with Crippen LogP contribution in [0.5, 0.6) is 0 Å². The third-order valence-corrected chi connectivity index (χ3v) is 4.63. The Kier molecular flexibility index (Phi) is 3.98. The minimum absolute atomic E-state index is 0.657. The molecule has 1 aromatic rings. The Morgan fingerprint density at radius 2 is 2.07 bits per heavy atom. The molecule has 0 heterocycles. The maximum Gasteiger partial charge on any atom is 0.0452 e. The summed E-state index contributed by atoms with van der Waals surface area (Å²) in [6.07, 6.45) is 4.95. The fourth-order valence-corrected chi connectivity index (χ4v) is 2.97. The van der Waals surface area contributed by atoms with Crippen LogP contribution in [0.1, 0.15) is 24.8 Å². The molecule has 0 radical (unpaired) electrons. The van der Waals surface area contributed by atoms with Gasteiger partial charge in [0, 0.05) is 14.9 Å². The molecule has 0 amide bonds. The zero-order valence-electron chi connectivity index (χ0n) is 8.35. The molecular weight excluding hydrogens is 295 g/mol. The van der Waals surface area contributed by atoms with E-state index in [1.165, 1.54) is 18.4 Å². The lowest BCUT2D eigenvalue weighted by Crippen LogP contribution is -2.02. The standard InChI is InChI=1S/C12H13BrCl2/c13-11(8-1-2-8)6-4-9-3-5-10(14)7-12(9)15/h3,5,7-8,11H,1-2,4,6H2. The van der Waals surface area contributed by atoms with Gasteiger partial charge in [-0.25, -0.2) is 0 Å². The molecule has 3 heteroatoms. The van der Waals surface area contributed by atoms with Crippen LogP contribution in [0.3, 0.4) is 0 Å². The first-order valence-electron chi connectivity index (χ1n) is 5.25. The largest absolute Gasteiger partial charge is 0.0888 e. The van der Waals surface area contributed by atoms with E-state index in [-0.39, 0.29) is 0 Å². The third-order valence-electron chi connectivity index (χ3n) is 2.84. The van der Waals surface area contributed by atoms with E-state index >= 15 is 0 Å². The van der Waals surface area contributed by atoms with Crippen LogP contribution < -0.4 is 0 Å². The van der Waals surface area contributed by atoms with Gasteiger partial charge in [0.05, 0.1) is 0 Å². The van der Waals surface area contributed by atoms with Gasteiger partial charge < -0.3 is 0 Å². The Hall–Kier alpha value is 0.280. The molecule has 0 aliphatic heterocycles. The van der Waals surface area contributed by atoms with E-state index in [4.69, 9.17) is 23.2 Å². The number of aryl methyl sites for hydroxylation is 1. The van der Waals surface area contributed by atoms with Crippen molar-refractivity contribution < 1.29 is 0 Å². The summed E-state index contributed by atoms with van der Waals surface area (Å²) >= 11 is 15.7. The summed E-state index contributed by atoms with van der Waals surface area (Å²) in [5.74, 6) is 0.899. The Morgan fingerprint density at radius 1 is 1.33 bits per heavy atom. The fourth-order valence-electron chi connectivity index (χ4n) is 1.71. The van der Waals surface area contributed by atoms with Crippen molar-refractivity contribution in [2.45, 2.75) is 30.5 Å². The van der Waals surface area contributed by atoms with Gasteiger partial charge in [-0.3, -0.25) is 0 Å². The van der Waals surface area contributed by atoms with Crippen LogP contribution in [0.4, 0.5) is 0 Å². The van der Waals surface area contributed by atoms with Crippen molar-refractivity contribution in [2.75, 3.05) is 0 Å². The van der Waals surface area contributed by atoms with E-state index < -0.39 is 0 Å². The topological polar surface area (TPSA) is 0 Å². The van der Waals surface area contributed by atoms with Gasteiger partial charge in [-0.15, -0.1) is 0 Å². The molecule has 15 heavy (non-hydrogen) atoms. The monoisotopic (exact) mass is 306 g/mol. The van der Waals surface area contributed by atoms with E-state index in [0.29, 0.717) is 9.85 Å².